The Kier molecular flexibility index (Phi) is 9.26. The van der Waals surface area contributed by atoms with E-state index in [-0.39, 0.29) is 28.7 Å². The highest BCUT2D eigenvalue weighted by Crippen LogP contribution is 2.19. The third kappa shape index (κ3) is 7.23. The number of aromatic amines is 1. The van der Waals surface area contributed by atoms with Gasteiger partial charge in [-0.2, -0.15) is 16.9 Å². The van der Waals surface area contributed by atoms with Crippen LogP contribution in [-0.4, -0.2) is 45.2 Å². The molecular formula is C17H27IN6S. The number of halogens is 1. The first-order chi connectivity index (χ1) is 11.5. The van der Waals surface area contributed by atoms with Gasteiger partial charge in [-0.05, 0) is 38.7 Å². The van der Waals surface area contributed by atoms with Crippen LogP contribution in [0.3, 0.4) is 0 Å². The molecule has 3 N–H and O–H groups in total. The molecule has 2 rings (SSSR count). The van der Waals surface area contributed by atoms with Gasteiger partial charge in [-0.1, -0.05) is 18.2 Å². The van der Waals surface area contributed by atoms with Crippen LogP contribution in [0.5, 0.6) is 0 Å². The largest absolute Gasteiger partial charge is 0.357 e. The minimum absolute atomic E-state index is 0. The summed E-state index contributed by atoms with van der Waals surface area (Å²) in [6, 6.07) is 8.18. The number of guanidine groups is 1. The molecule has 0 radical (unpaired) electrons. The van der Waals surface area contributed by atoms with Gasteiger partial charge >= 0.3 is 0 Å². The Morgan fingerprint density at radius 3 is 2.76 bits per heavy atom. The zero-order chi connectivity index (χ0) is 17.4. The number of H-pyrrole nitrogens is 1. The number of hydrogen-bond acceptors (Lipinski definition) is 4. The zero-order valence-electron chi connectivity index (χ0n) is 15.2. The Morgan fingerprint density at radius 1 is 1.32 bits per heavy atom. The molecule has 0 aliphatic rings. The smallest absolute Gasteiger partial charge is 0.191 e. The fraction of sp³-hybridized carbons (Fsp3) is 0.471. The molecule has 2 aromatic rings. The number of aromatic nitrogens is 3. The van der Waals surface area contributed by atoms with Gasteiger partial charge in [0.1, 0.15) is 6.33 Å². The van der Waals surface area contributed by atoms with Crippen molar-refractivity contribution < 1.29 is 0 Å². The van der Waals surface area contributed by atoms with Gasteiger partial charge in [0, 0.05) is 23.4 Å². The zero-order valence-corrected chi connectivity index (χ0v) is 18.3. The molecule has 138 valence electrons. The van der Waals surface area contributed by atoms with Gasteiger partial charge in [0.15, 0.2) is 11.8 Å². The Hall–Kier alpha value is -1.29. The Bertz CT molecular complexity index is 657. The van der Waals surface area contributed by atoms with Crippen molar-refractivity contribution in [2.45, 2.75) is 32.1 Å². The van der Waals surface area contributed by atoms with Crippen LogP contribution in [0.2, 0.25) is 0 Å². The summed E-state index contributed by atoms with van der Waals surface area (Å²) < 4.78 is 0.169. The van der Waals surface area contributed by atoms with Crippen LogP contribution in [0.25, 0.3) is 11.4 Å². The molecule has 0 amide bonds. The second kappa shape index (κ2) is 10.6. The van der Waals surface area contributed by atoms with Crippen molar-refractivity contribution in [1.82, 2.24) is 25.8 Å². The van der Waals surface area contributed by atoms with Crippen molar-refractivity contribution in [2.24, 2.45) is 4.99 Å². The monoisotopic (exact) mass is 474 g/mol. The lowest BCUT2D eigenvalue weighted by atomic mass is 10.1. The van der Waals surface area contributed by atoms with Crippen LogP contribution in [0.15, 0.2) is 35.6 Å². The van der Waals surface area contributed by atoms with E-state index < -0.39 is 0 Å². The van der Waals surface area contributed by atoms with E-state index >= 15 is 0 Å². The van der Waals surface area contributed by atoms with Crippen molar-refractivity contribution in [2.75, 3.05) is 19.3 Å². The summed E-state index contributed by atoms with van der Waals surface area (Å²) >= 11 is 1.84. The van der Waals surface area contributed by atoms with Gasteiger partial charge < -0.3 is 10.6 Å². The van der Waals surface area contributed by atoms with Crippen LogP contribution in [0, 0.1) is 0 Å². The Balaban J connectivity index is 0.00000312. The molecule has 0 fully saturated rings. The molecule has 0 aliphatic heterocycles. The molecular weight excluding hydrogens is 447 g/mol. The van der Waals surface area contributed by atoms with Crippen molar-refractivity contribution in [3.05, 3.63) is 36.2 Å². The SMILES string of the molecule is CCNC(=NCc1cccc(-c2ncn[nH]2)c1)NCC(C)(C)SC.I. The lowest BCUT2D eigenvalue weighted by Crippen LogP contribution is -2.43. The van der Waals surface area contributed by atoms with E-state index in [1.54, 1.807) is 0 Å². The maximum absolute atomic E-state index is 4.68. The third-order valence-electron chi connectivity index (χ3n) is 3.61. The number of nitrogens with one attached hydrogen (secondary N) is 3. The molecule has 0 bridgehead atoms. The molecule has 1 aromatic heterocycles. The molecule has 25 heavy (non-hydrogen) atoms. The maximum atomic E-state index is 4.68. The number of thioether (sulfide) groups is 1. The average molecular weight is 474 g/mol. The van der Waals surface area contributed by atoms with Crippen LogP contribution >= 0.6 is 35.7 Å². The predicted octanol–water partition coefficient (Wildman–Crippen LogP) is 3.29. The summed E-state index contributed by atoms with van der Waals surface area (Å²) in [5.41, 5.74) is 2.15. The normalized spacial score (nSPS) is 11.8. The molecule has 1 heterocycles. The van der Waals surface area contributed by atoms with Crippen molar-refractivity contribution >= 4 is 41.7 Å². The summed E-state index contributed by atoms with van der Waals surface area (Å²) in [6.07, 6.45) is 3.64. The van der Waals surface area contributed by atoms with E-state index in [2.05, 4.69) is 70.0 Å². The van der Waals surface area contributed by atoms with Crippen LogP contribution < -0.4 is 10.6 Å². The number of aliphatic imine (C=N–C) groups is 1. The van der Waals surface area contributed by atoms with E-state index in [1.165, 1.54) is 6.33 Å². The first-order valence-electron chi connectivity index (χ1n) is 8.06. The van der Waals surface area contributed by atoms with Crippen LogP contribution in [0.4, 0.5) is 0 Å². The quantitative estimate of drug-likeness (QED) is 0.326. The predicted molar refractivity (Wildman–Crippen MR) is 118 cm³/mol. The topological polar surface area (TPSA) is 78.0 Å². The third-order valence-corrected chi connectivity index (χ3v) is 4.86. The van der Waals surface area contributed by atoms with E-state index in [4.69, 9.17) is 0 Å². The minimum atomic E-state index is 0. The second-order valence-electron chi connectivity index (χ2n) is 6.05. The number of nitrogens with zero attached hydrogens (tertiary/aromatic N) is 3. The molecule has 0 spiro atoms. The second-order valence-corrected chi connectivity index (χ2v) is 7.56. The van der Waals surface area contributed by atoms with Crippen LogP contribution in [0.1, 0.15) is 26.3 Å². The standard InChI is InChI=1S/C17H26N6S.HI/c1-5-18-16(20-11-17(2,3)24-4)19-10-13-7-6-8-14(9-13)15-21-12-22-23-15;/h6-9,12H,5,10-11H2,1-4H3,(H2,18,19,20)(H,21,22,23);1H. The molecule has 8 heteroatoms. The Morgan fingerprint density at radius 2 is 2.12 bits per heavy atom. The number of benzene rings is 1. The molecule has 0 aliphatic carbocycles. The van der Waals surface area contributed by atoms with E-state index in [0.717, 1.165) is 36.0 Å². The van der Waals surface area contributed by atoms with Crippen molar-refractivity contribution in [3.8, 4) is 11.4 Å². The van der Waals surface area contributed by atoms with Crippen molar-refractivity contribution in [3.63, 3.8) is 0 Å². The van der Waals surface area contributed by atoms with Crippen LogP contribution in [-0.2, 0) is 6.54 Å². The van der Waals surface area contributed by atoms with Gasteiger partial charge in [-0.3, -0.25) is 5.10 Å². The Labute approximate surface area is 171 Å². The summed E-state index contributed by atoms with van der Waals surface area (Å²) in [7, 11) is 0. The summed E-state index contributed by atoms with van der Waals surface area (Å²) in [4.78, 5) is 8.87. The first kappa shape index (κ1) is 21.8. The highest BCUT2D eigenvalue weighted by molar-refractivity contribution is 14.0. The summed E-state index contributed by atoms with van der Waals surface area (Å²) in [5.74, 6) is 1.61. The highest BCUT2D eigenvalue weighted by Gasteiger charge is 2.16. The van der Waals surface area contributed by atoms with Gasteiger partial charge in [0.25, 0.3) is 0 Å². The van der Waals surface area contributed by atoms with Gasteiger partial charge in [-0.15, -0.1) is 24.0 Å². The van der Waals surface area contributed by atoms with Gasteiger partial charge in [-0.25, -0.2) is 9.98 Å². The summed E-state index contributed by atoms with van der Waals surface area (Å²) in [5, 5.41) is 13.5. The van der Waals surface area contributed by atoms with E-state index in [1.807, 2.05) is 23.9 Å². The molecule has 0 saturated heterocycles. The summed E-state index contributed by atoms with van der Waals surface area (Å²) in [6.45, 7) is 8.81. The van der Waals surface area contributed by atoms with Crippen molar-refractivity contribution in [1.29, 1.82) is 0 Å². The fourth-order valence-electron chi connectivity index (χ4n) is 2.04. The van der Waals surface area contributed by atoms with E-state index in [9.17, 15) is 0 Å². The number of rotatable bonds is 7. The number of hydrogen-bond donors (Lipinski definition) is 3. The molecule has 0 saturated carbocycles. The fourth-order valence-corrected chi connectivity index (χ4v) is 2.26. The van der Waals surface area contributed by atoms with E-state index in [0.29, 0.717) is 6.54 Å². The maximum Gasteiger partial charge on any atom is 0.191 e. The molecule has 6 nitrogen and oxygen atoms in total. The first-order valence-corrected chi connectivity index (χ1v) is 9.28. The highest BCUT2D eigenvalue weighted by atomic mass is 127. The molecule has 0 unspecified atom stereocenters. The molecule has 1 aromatic carbocycles. The lowest BCUT2D eigenvalue weighted by Gasteiger charge is -2.23. The average Bonchev–Trinajstić information content (AvgIpc) is 3.12. The lowest BCUT2D eigenvalue weighted by molar-refractivity contribution is 0.665. The minimum Gasteiger partial charge on any atom is -0.357 e. The van der Waals surface area contributed by atoms with Gasteiger partial charge in [0.05, 0.1) is 6.54 Å². The molecule has 0 atom stereocenters. The van der Waals surface area contributed by atoms with Gasteiger partial charge in [0.2, 0.25) is 0 Å².